The van der Waals surface area contributed by atoms with E-state index in [0.29, 0.717) is 18.9 Å². The topological polar surface area (TPSA) is 32.3 Å². The fourth-order valence-electron chi connectivity index (χ4n) is 3.00. The smallest absolute Gasteiger partial charge is 0.220 e. The summed E-state index contributed by atoms with van der Waals surface area (Å²) in [5, 5.41) is 7.38. The molecule has 0 saturated heterocycles. The molecule has 1 heterocycles. The maximum absolute atomic E-state index is 12.1. The predicted molar refractivity (Wildman–Crippen MR) is 84.9 cm³/mol. The Kier molecular flexibility index (Phi) is 6.05. The Hall–Kier alpha value is -0.870. The SMILES string of the molecule is CN(C)C(CNC(=O)CC1CCCCC1)c1ccsc1. The van der Waals surface area contributed by atoms with E-state index < -0.39 is 0 Å². The van der Waals surface area contributed by atoms with Gasteiger partial charge in [-0.05, 0) is 55.2 Å². The number of nitrogens with one attached hydrogen (secondary N) is 1. The minimum Gasteiger partial charge on any atom is -0.354 e. The number of likely N-dealkylation sites (N-methyl/N-ethyl adjacent to an activating group) is 1. The first kappa shape index (κ1) is 15.5. The van der Waals surface area contributed by atoms with Gasteiger partial charge in [0.05, 0.1) is 6.04 Å². The van der Waals surface area contributed by atoms with E-state index in [2.05, 4.69) is 41.1 Å². The molecule has 1 aliphatic rings. The van der Waals surface area contributed by atoms with Crippen molar-refractivity contribution in [2.75, 3.05) is 20.6 Å². The summed E-state index contributed by atoms with van der Waals surface area (Å²) in [7, 11) is 4.13. The van der Waals surface area contributed by atoms with Gasteiger partial charge in [0.15, 0.2) is 0 Å². The lowest BCUT2D eigenvalue weighted by molar-refractivity contribution is -0.122. The Morgan fingerprint density at radius 1 is 1.40 bits per heavy atom. The summed E-state index contributed by atoms with van der Waals surface area (Å²) < 4.78 is 0. The first-order chi connectivity index (χ1) is 9.66. The third-order valence-electron chi connectivity index (χ3n) is 4.24. The van der Waals surface area contributed by atoms with Gasteiger partial charge in [-0.3, -0.25) is 4.79 Å². The number of hydrogen-bond acceptors (Lipinski definition) is 3. The summed E-state index contributed by atoms with van der Waals surface area (Å²) in [6, 6.07) is 2.42. The highest BCUT2D eigenvalue weighted by atomic mass is 32.1. The monoisotopic (exact) mass is 294 g/mol. The third kappa shape index (κ3) is 4.60. The van der Waals surface area contributed by atoms with Crippen LogP contribution in [0.15, 0.2) is 16.8 Å². The van der Waals surface area contributed by atoms with Crippen molar-refractivity contribution in [1.82, 2.24) is 10.2 Å². The van der Waals surface area contributed by atoms with Crippen molar-refractivity contribution in [2.45, 2.75) is 44.6 Å². The second-order valence-electron chi connectivity index (χ2n) is 6.05. The molecule has 0 spiro atoms. The van der Waals surface area contributed by atoms with Crippen LogP contribution in [0.4, 0.5) is 0 Å². The van der Waals surface area contributed by atoms with E-state index in [0.717, 1.165) is 0 Å². The molecule has 2 rings (SSSR count). The maximum Gasteiger partial charge on any atom is 0.220 e. The highest BCUT2D eigenvalue weighted by Gasteiger charge is 2.19. The van der Waals surface area contributed by atoms with Crippen LogP contribution in [0, 0.1) is 5.92 Å². The summed E-state index contributed by atoms with van der Waals surface area (Å²) in [6.45, 7) is 0.704. The largest absolute Gasteiger partial charge is 0.354 e. The molecule has 1 aromatic heterocycles. The minimum absolute atomic E-state index is 0.221. The van der Waals surface area contributed by atoms with E-state index in [4.69, 9.17) is 0 Å². The van der Waals surface area contributed by atoms with Gasteiger partial charge in [-0.25, -0.2) is 0 Å². The quantitative estimate of drug-likeness (QED) is 0.871. The van der Waals surface area contributed by atoms with Crippen LogP contribution in [-0.4, -0.2) is 31.4 Å². The van der Waals surface area contributed by atoms with Crippen LogP contribution in [-0.2, 0) is 4.79 Å². The summed E-state index contributed by atoms with van der Waals surface area (Å²) in [5.74, 6) is 0.835. The molecule has 1 amide bonds. The number of thiophene rings is 1. The van der Waals surface area contributed by atoms with E-state index in [1.807, 2.05) is 0 Å². The van der Waals surface area contributed by atoms with Gasteiger partial charge in [0.25, 0.3) is 0 Å². The van der Waals surface area contributed by atoms with E-state index in [1.165, 1.54) is 37.7 Å². The Morgan fingerprint density at radius 3 is 2.75 bits per heavy atom. The second-order valence-corrected chi connectivity index (χ2v) is 6.83. The van der Waals surface area contributed by atoms with Crippen molar-refractivity contribution < 1.29 is 4.79 Å². The van der Waals surface area contributed by atoms with E-state index in [1.54, 1.807) is 11.3 Å². The number of carbonyl (C=O) groups excluding carboxylic acids is 1. The van der Waals surface area contributed by atoms with Gasteiger partial charge in [0.2, 0.25) is 5.91 Å². The first-order valence-corrected chi connectivity index (χ1v) is 8.56. The predicted octanol–water partition coefficient (Wildman–Crippen LogP) is 3.44. The van der Waals surface area contributed by atoms with Gasteiger partial charge >= 0.3 is 0 Å². The molecule has 4 heteroatoms. The molecule has 1 saturated carbocycles. The highest BCUT2D eigenvalue weighted by Crippen LogP contribution is 2.26. The van der Waals surface area contributed by atoms with Crippen LogP contribution in [0.1, 0.15) is 50.1 Å². The molecule has 1 atom stereocenters. The first-order valence-electron chi connectivity index (χ1n) is 7.62. The van der Waals surface area contributed by atoms with Crippen LogP contribution >= 0.6 is 11.3 Å². The molecular formula is C16H26N2OS. The molecule has 1 N–H and O–H groups in total. The number of amides is 1. The van der Waals surface area contributed by atoms with E-state index >= 15 is 0 Å². The van der Waals surface area contributed by atoms with Gasteiger partial charge in [-0.1, -0.05) is 19.3 Å². The molecule has 0 aliphatic heterocycles. The zero-order valence-corrected chi connectivity index (χ0v) is 13.4. The number of hydrogen-bond donors (Lipinski definition) is 1. The molecule has 1 fully saturated rings. The average Bonchev–Trinajstić information content (AvgIpc) is 2.93. The van der Waals surface area contributed by atoms with Crippen molar-refractivity contribution >= 4 is 17.2 Å². The van der Waals surface area contributed by atoms with Crippen molar-refractivity contribution in [2.24, 2.45) is 5.92 Å². The fourth-order valence-corrected chi connectivity index (χ4v) is 3.71. The Bertz CT molecular complexity index is 397. The Balaban J connectivity index is 1.78. The summed E-state index contributed by atoms with van der Waals surface area (Å²) in [4.78, 5) is 14.3. The summed E-state index contributed by atoms with van der Waals surface area (Å²) in [5.41, 5.74) is 1.29. The zero-order valence-electron chi connectivity index (χ0n) is 12.6. The van der Waals surface area contributed by atoms with Crippen LogP contribution in [0.25, 0.3) is 0 Å². The average molecular weight is 294 g/mol. The van der Waals surface area contributed by atoms with Crippen molar-refractivity contribution in [3.05, 3.63) is 22.4 Å². The van der Waals surface area contributed by atoms with Crippen LogP contribution in [0.5, 0.6) is 0 Å². The summed E-state index contributed by atoms with van der Waals surface area (Å²) >= 11 is 1.71. The lowest BCUT2D eigenvalue weighted by atomic mass is 9.87. The number of rotatable bonds is 6. The highest BCUT2D eigenvalue weighted by molar-refractivity contribution is 7.07. The molecular weight excluding hydrogens is 268 g/mol. The van der Waals surface area contributed by atoms with Crippen LogP contribution in [0.2, 0.25) is 0 Å². The Labute approximate surface area is 126 Å². The molecule has 1 aromatic rings. The normalized spacial score (nSPS) is 18.1. The van der Waals surface area contributed by atoms with E-state index in [9.17, 15) is 4.79 Å². The Morgan fingerprint density at radius 2 is 2.15 bits per heavy atom. The standard InChI is InChI=1S/C16H26N2OS/c1-18(2)15(14-8-9-20-12-14)11-17-16(19)10-13-6-4-3-5-7-13/h8-9,12-13,15H,3-7,10-11H2,1-2H3,(H,17,19). The molecule has 1 unspecified atom stereocenters. The van der Waals surface area contributed by atoms with Crippen LogP contribution < -0.4 is 5.32 Å². The molecule has 0 radical (unpaired) electrons. The van der Waals surface area contributed by atoms with Gasteiger partial charge < -0.3 is 10.2 Å². The minimum atomic E-state index is 0.221. The van der Waals surface area contributed by atoms with Crippen molar-refractivity contribution in [3.63, 3.8) is 0 Å². The molecule has 0 aromatic carbocycles. The van der Waals surface area contributed by atoms with Crippen molar-refractivity contribution in [1.29, 1.82) is 0 Å². The fraction of sp³-hybridized carbons (Fsp3) is 0.688. The lowest BCUT2D eigenvalue weighted by Crippen LogP contribution is -2.35. The van der Waals surface area contributed by atoms with Crippen molar-refractivity contribution in [3.8, 4) is 0 Å². The van der Waals surface area contributed by atoms with Crippen LogP contribution in [0.3, 0.4) is 0 Å². The molecule has 20 heavy (non-hydrogen) atoms. The lowest BCUT2D eigenvalue weighted by Gasteiger charge is -2.25. The molecule has 0 bridgehead atoms. The second kappa shape index (κ2) is 7.79. The maximum atomic E-state index is 12.1. The van der Waals surface area contributed by atoms with Gasteiger partial charge in [0, 0.05) is 13.0 Å². The van der Waals surface area contributed by atoms with Gasteiger partial charge in [-0.15, -0.1) is 0 Å². The van der Waals surface area contributed by atoms with Gasteiger partial charge in [0.1, 0.15) is 0 Å². The molecule has 3 nitrogen and oxygen atoms in total. The summed E-state index contributed by atoms with van der Waals surface area (Å²) in [6.07, 6.45) is 7.12. The third-order valence-corrected chi connectivity index (χ3v) is 4.94. The number of carbonyl (C=O) groups is 1. The molecule has 1 aliphatic carbocycles. The zero-order chi connectivity index (χ0) is 14.4. The van der Waals surface area contributed by atoms with E-state index in [-0.39, 0.29) is 11.9 Å². The number of nitrogens with zero attached hydrogens (tertiary/aromatic N) is 1. The molecule has 112 valence electrons. The van der Waals surface area contributed by atoms with Gasteiger partial charge in [-0.2, -0.15) is 11.3 Å².